The number of primary amides is 1. The number of aliphatic hydroxyl groups excluding tert-OH is 2. The largest absolute Gasteiger partial charge is 0.481 e. The number of nitrogens with zero attached hydrogens (tertiary/aromatic N) is 4. The van der Waals surface area contributed by atoms with Gasteiger partial charge >= 0.3 is 17.9 Å². The third-order valence-electron chi connectivity index (χ3n) is 20.9. The molecule has 0 spiro atoms. The van der Waals surface area contributed by atoms with Gasteiger partial charge in [-0.15, -0.1) is 0 Å². The molecule has 43 nitrogen and oxygen atoms in total. The van der Waals surface area contributed by atoms with Crippen molar-refractivity contribution in [2.75, 3.05) is 45.9 Å². The van der Waals surface area contributed by atoms with Gasteiger partial charge in [0, 0.05) is 58.5 Å². The summed E-state index contributed by atoms with van der Waals surface area (Å²) in [5, 5.41) is 93.6. The number of benzene rings is 2. The van der Waals surface area contributed by atoms with Gasteiger partial charge in [0.2, 0.25) is 82.7 Å². The van der Waals surface area contributed by atoms with E-state index < -0.39 is 242 Å². The average Bonchev–Trinajstić information content (AvgIpc) is 1.64. The molecule has 43 heteroatoms. The van der Waals surface area contributed by atoms with Crippen LogP contribution in [0.15, 0.2) is 60.7 Å². The second-order valence-corrected chi connectivity index (χ2v) is 30.6. The molecule has 120 heavy (non-hydrogen) atoms. The van der Waals surface area contributed by atoms with Crippen molar-refractivity contribution in [3.63, 3.8) is 0 Å². The standard InChI is InChI=1S/C77H115N21O22/c1-41(2)36-51(71(115)97-34-14-24-56(97)73(117)95-32-12-22-54(95)70(114)90-50(39-58(79)101)67(111)92-52(38-44-18-8-5-9-19-44)72(116)98-35-15-25-57(98)75(119)120)91-66(110)49(27-29-60(104)105)88-65(109)48(26-28-59(102)103)87-63(107)46(20-10-30-84-76(80)81)86-68(112)53(40-99)93-64(108)47(21-11-31-85-77(82)83)89-69(113)55-23-13-33-96(55)74(118)61(42(3)100)94-62(106)45(78)37-43-16-6-4-7-17-43/h4-9,16-19,41-42,45-57,61,99-100H,10-15,20-40,78H2,1-3H3,(H2,79,101)(H,86,112)(H,87,107)(H,88,109)(H,89,113)(H,90,114)(H,91,110)(H,92,111)(H,93,108)(H,94,106)(H,102,103)(H,104,105)(H,119,120)(H4,80,81,84)(H4,82,83,85)/t42-,45+,46+,47+,48+,49+,50+,51+,52+,53+,54+,55+,56+,57+,61+/m1/s1. The minimum absolute atomic E-state index is 0.0175. The molecule has 2 aromatic carbocycles. The zero-order valence-electron chi connectivity index (χ0n) is 67.4. The molecule has 0 unspecified atom stereocenters. The number of aliphatic carboxylic acids is 3. The summed E-state index contributed by atoms with van der Waals surface area (Å²) in [5.74, 6) is -19.2. The van der Waals surface area contributed by atoms with E-state index in [0.717, 1.165) is 15.4 Å². The highest BCUT2D eigenvalue weighted by molar-refractivity contribution is 6.01. The predicted octanol–water partition coefficient (Wildman–Crippen LogP) is -6.24. The molecular weight excluding hydrogens is 1570 g/mol. The Balaban J connectivity index is 1.16. The van der Waals surface area contributed by atoms with Crippen LogP contribution in [0.5, 0.6) is 0 Å². The molecule has 4 aliphatic heterocycles. The van der Waals surface area contributed by atoms with E-state index >= 15 is 0 Å². The Morgan fingerprint density at radius 1 is 0.442 bits per heavy atom. The third-order valence-corrected chi connectivity index (χ3v) is 20.9. The van der Waals surface area contributed by atoms with Crippen LogP contribution in [0.4, 0.5) is 0 Å². The number of aliphatic hydroxyl groups is 2. The number of amides is 14. The molecule has 6 rings (SSSR count). The topological polar surface area (TPSA) is 688 Å². The number of carbonyl (C=O) groups is 17. The highest BCUT2D eigenvalue weighted by Gasteiger charge is 2.47. The maximum Gasteiger partial charge on any atom is 0.326 e. The summed E-state index contributed by atoms with van der Waals surface area (Å²) in [4.78, 5) is 240. The number of carboxylic acids is 3. The molecule has 0 bridgehead atoms. The monoisotopic (exact) mass is 1690 g/mol. The third kappa shape index (κ3) is 29.7. The Morgan fingerprint density at radius 2 is 0.817 bits per heavy atom. The number of hydrogen-bond acceptors (Lipinski definition) is 22. The van der Waals surface area contributed by atoms with E-state index in [9.17, 15) is 107 Å². The fourth-order valence-electron chi connectivity index (χ4n) is 14.7. The molecule has 26 N–H and O–H groups in total. The lowest BCUT2D eigenvalue weighted by Gasteiger charge is -2.34. The number of nitrogens with two attached hydrogens (primary N) is 4. The smallest absolute Gasteiger partial charge is 0.326 e. The van der Waals surface area contributed by atoms with Crippen molar-refractivity contribution in [3.05, 3.63) is 71.8 Å². The summed E-state index contributed by atoms with van der Waals surface area (Å²) < 4.78 is 0. The molecule has 0 aliphatic carbocycles. The van der Waals surface area contributed by atoms with Crippen LogP contribution in [-0.4, -0.2) is 294 Å². The quantitative estimate of drug-likeness (QED) is 0.0167. The second kappa shape index (κ2) is 47.4. The molecule has 4 aliphatic rings. The molecule has 0 aromatic heterocycles. The number of likely N-dealkylation sites (tertiary alicyclic amines) is 4. The maximum atomic E-state index is 14.9. The van der Waals surface area contributed by atoms with Gasteiger partial charge in [-0.1, -0.05) is 74.5 Å². The van der Waals surface area contributed by atoms with Crippen molar-refractivity contribution in [2.24, 2.45) is 28.9 Å². The van der Waals surface area contributed by atoms with Crippen molar-refractivity contribution in [2.45, 2.75) is 240 Å². The Morgan fingerprint density at radius 3 is 1.27 bits per heavy atom. The van der Waals surface area contributed by atoms with Crippen LogP contribution in [0.3, 0.4) is 0 Å². The first-order chi connectivity index (χ1) is 56.9. The number of nitrogens with one attached hydrogen (secondary N) is 13. The minimum atomic E-state index is -1.94. The van der Waals surface area contributed by atoms with E-state index in [2.05, 4.69) is 58.5 Å². The van der Waals surface area contributed by atoms with Crippen LogP contribution in [0.2, 0.25) is 0 Å². The van der Waals surface area contributed by atoms with Gasteiger partial charge in [0.15, 0.2) is 11.9 Å². The first kappa shape index (κ1) is 96.7. The lowest BCUT2D eigenvalue weighted by atomic mass is 10.0. The summed E-state index contributed by atoms with van der Waals surface area (Å²) in [5.41, 5.74) is 24.0. The lowest BCUT2D eigenvalue weighted by Crippen LogP contribution is -2.61. The van der Waals surface area contributed by atoms with Gasteiger partial charge in [-0.05, 0) is 127 Å². The molecule has 14 amide bonds. The van der Waals surface area contributed by atoms with E-state index in [1.807, 2.05) is 0 Å². The van der Waals surface area contributed by atoms with Crippen molar-refractivity contribution in [3.8, 4) is 0 Å². The van der Waals surface area contributed by atoms with Crippen molar-refractivity contribution in [1.82, 2.24) is 78.1 Å². The maximum absolute atomic E-state index is 14.9. The summed E-state index contributed by atoms with van der Waals surface area (Å²) >= 11 is 0. The predicted molar refractivity (Wildman–Crippen MR) is 426 cm³/mol. The lowest BCUT2D eigenvalue weighted by molar-refractivity contribution is -0.149. The minimum Gasteiger partial charge on any atom is -0.481 e. The van der Waals surface area contributed by atoms with Crippen LogP contribution in [0.25, 0.3) is 0 Å². The normalized spacial score (nSPS) is 19.0. The first-order valence-electron chi connectivity index (χ1n) is 40.1. The SMILES string of the molecule is CC(C)C[C@H](NC(=O)[C@H](CCC(=O)O)NC(=O)[C@H](CCC(=O)O)NC(=O)[C@H](CCCNC(=N)N)NC(=O)[C@H](CO)NC(=O)[C@H](CCCNC(=N)N)NC(=O)[C@@H]1CCCN1C(=O)[C@@H](NC(=O)[C@@H](N)Cc1ccccc1)[C@@H](C)O)C(=O)N1CCC[C@H]1C(=O)N1CCC[C@H]1C(=O)N[C@@H](CC(N)=O)C(=O)N[C@@H](Cc1ccccc1)C(=O)N1CCC[C@H]1C(=O)O. The van der Waals surface area contributed by atoms with Gasteiger partial charge < -0.3 is 127 Å². The zero-order valence-corrected chi connectivity index (χ0v) is 67.4. The summed E-state index contributed by atoms with van der Waals surface area (Å²) in [7, 11) is 0. The highest BCUT2D eigenvalue weighted by atomic mass is 16.4. The van der Waals surface area contributed by atoms with Gasteiger partial charge in [-0.3, -0.25) is 87.5 Å². The molecule has 4 saturated heterocycles. The van der Waals surface area contributed by atoms with Crippen LogP contribution < -0.4 is 81.4 Å². The Bertz CT molecular complexity index is 3990. The van der Waals surface area contributed by atoms with Gasteiger partial charge in [-0.25, -0.2) is 4.79 Å². The van der Waals surface area contributed by atoms with Crippen LogP contribution >= 0.6 is 0 Å². The summed E-state index contributed by atoms with van der Waals surface area (Å²) in [6.45, 7) is 3.34. The Kier molecular flexibility index (Phi) is 38.2. The molecule has 4 heterocycles. The number of rotatable bonds is 47. The summed E-state index contributed by atoms with van der Waals surface area (Å²) in [6, 6.07) is -4.07. The van der Waals surface area contributed by atoms with Crippen molar-refractivity contribution >= 4 is 113 Å². The molecule has 660 valence electrons. The Hall–Kier alpha value is -12.2. The number of hydrogen-bond donors (Lipinski definition) is 22. The fraction of sp³-hybridized carbons (Fsp3) is 0.597. The highest BCUT2D eigenvalue weighted by Crippen LogP contribution is 2.28. The van der Waals surface area contributed by atoms with E-state index in [0.29, 0.717) is 12.0 Å². The Labute approximate surface area is 692 Å². The first-order valence-corrected chi connectivity index (χ1v) is 40.1. The number of guanidine groups is 2. The average molecular weight is 1690 g/mol. The molecule has 0 saturated carbocycles. The fourth-order valence-corrected chi connectivity index (χ4v) is 14.7. The van der Waals surface area contributed by atoms with E-state index in [1.54, 1.807) is 74.5 Å². The zero-order chi connectivity index (χ0) is 88.6. The molecule has 2 aromatic rings. The molecule has 15 atom stereocenters. The number of carbonyl (C=O) groups excluding carboxylic acids is 14. The second-order valence-electron chi connectivity index (χ2n) is 30.6. The van der Waals surface area contributed by atoms with E-state index in [1.165, 1.54) is 16.7 Å². The van der Waals surface area contributed by atoms with Crippen molar-refractivity contribution in [1.29, 1.82) is 10.8 Å². The van der Waals surface area contributed by atoms with Crippen LogP contribution in [-0.2, 0) is 94.3 Å². The molecule has 4 fully saturated rings. The van der Waals surface area contributed by atoms with E-state index in [4.69, 9.17) is 33.8 Å². The van der Waals surface area contributed by atoms with Gasteiger partial charge in [0.05, 0.1) is 25.2 Å². The summed E-state index contributed by atoms with van der Waals surface area (Å²) in [6.07, 6.45) is -4.64. The molecular formula is C77H115N21O22. The van der Waals surface area contributed by atoms with Gasteiger partial charge in [0.1, 0.15) is 78.5 Å². The molecule has 0 radical (unpaired) electrons. The van der Waals surface area contributed by atoms with Gasteiger partial charge in [0.25, 0.3) is 0 Å². The van der Waals surface area contributed by atoms with Crippen molar-refractivity contribution < 1.29 is 107 Å². The van der Waals surface area contributed by atoms with Crippen LogP contribution in [0, 0.1) is 16.7 Å². The van der Waals surface area contributed by atoms with Gasteiger partial charge in [-0.2, -0.15) is 0 Å². The van der Waals surface area contributed by atoms with E-state index in [-0.39, 0.29) is 135 Å². The number of carboxylic acid groups (broad SMARTS) is 3. The van der Waals surface area contributed by atoms with Crippen LogP contribution in [0.1, 0.15) is 147 Å².